The number of hydrogen-bond acceptors (Lipinski definition) is 1. The minimum Gasteiger partial charge on any atom is -0.343 e. The van der Waals surface area contributed by atoms with Crippen molar-refractivity contribution >= 4 is 5.91 Å². The Balaban J connectivity index is 1.86. The highest BCUT2D eigenvalue weighted by Gasteiger charge is 2.23. The van der Waals surface area contributed by atoms with Crippen molar-refractivity contribution in [1.82, 2.24) is 4.90 Å². The van der Waals surface area contributed by atoms with Gasteiger partial charge in [-0.2, -0.15) is 0 Å². The highest BCUT2D eigenvalue weighted by molar-refractivity contribution is 5.76. The maximum Gasteiger partial charge on any atom is 0.222 e. The van der Waals surface area contributed by atoms with E-state index in [1.54, 1.807) is 0 Å². The lowest BCUT2D eigenvalue weighted by molar-refractivity contribution is -0.131. The molecule has 0 N–H and O–H groups in total. The molecule has 1 fully saturated rings. The van der Waals surface area contributed by atoms with Crippen molar-refractivity contribution in [3.63, 3.8) is 0 Å². The molecule has 0 saturated heterocycles. The van der Waals surface area contributed by atoms with E-state index in [9.17, 15) is 4.79 Å². The molecule has 1 aromatic carbocycles. The molecule has 0 radical (unpaired) electrons. The van der Waals surface area contributed by atoms with Gasteiger partial charge in [0.05, 0.1) is 0 Å². The molecule has 0 atom stereocenters. The summed E-state index contributed by atoms with van der Waals surface area (Å²) in [5.41, 5.74) is 2.80. The summed E-state index contributed by atoms with van der Waals surface area (Å²) in [4.78, 5) is 14.2. The van der Waals surface area contributed by atoms with Crippen molar-refractivity contribution in [2.75, 3.05) is 7.05 Å². The Kier molecular flexibility index (Phi) is 5.08. The van der Waals surface area contributed by atoms with Crippen molar-refractivity contribution in [2.24, 2.45) is 0 Å². The summed E-state index contributed by atoms with van der Waals surface area (Å²) in [6.45, 7) is 6.67. The Bertz CT molecular complexity index is 463. The summed E-state index contributed by atoms with van der Waals surface area (Å²) in [7, 11) is 1.97. The topological polar surface area (TPSA) is 20.3 Å². The Morgan fingerprint density at radius 2 is 1.71 bits per heavy atom. The second-order valence-electron chi connectivity index (χ2n) is 7.39. The van der Waals surface area contributed by atoms with Gasteiger partial charge in [-0.15, -0.1) is 0 Å². The average molecular weight is 287 g/mol. The van der Waals surface area contributed by atoms with Crippen LogP contribution in [-0.4, -0.2) is 23.9 Å². The van der Waals surface area contributed by atoms with Crippen LogP contribution in [0.15, 0.2) is 24.3 Å². The number of carbonyl (C=O) groups is 1. The normalized spacial score (nSPS) is 16.2. The number of amides is 1. The minimum atomic E-state index is 0.192. The molecule has 1 saturated carbocycles. The second kappa shape index (κ2) is 6.64. The summed E-state index contributed by atoms with van der Waals surface area (Å²) >= 11 is 0. The van der Waals surface area contributed by atoms with E-state index in [0.29, 0.717) is 18.4 Å². The summed E-state index contributed by atoms with van der Waals surface area (Å²) < 4.78 is 0. The van der Waals surface area contributed by atoms with Crippen LogP contribution >= 0.6 is 0 Å². The Morgan fingerprint density at radius 1 is 1.14 bits per heavy atom. The minimum absolute atomic E-state index is 0.192. The first-order valence-corrected chi connectivity index (χ1v) is 8.23. The van der Waals surface area contributed by atoms with Gasteiger partial charge in [0.25, 0.3) is 0 Å². The van der Waals surface area contributed by atoms with Crippen LogP contribution in [0.25, 0.3) is 0 Å². The van der Waals surface area contributed by atoms with E-state index < -0.39 is 0 Å². The van der Waals surface area contributed by atoms with Crippen molar-refractivity contribution in [1.29, 1.82) is 0 Å². The van der Waals surface area contributed by atoms with Crippen LogP contribution in [0.3, 0.4) is 0 Å². The third-order valence-corrected chi connectivity index (χ3v) is 4.71. The lowest BCUT2D eigenvalue weighted by Crippen LogP contribution is -2.35. The maximum atomic E-state index is 12.3. The van der Waals surface area contributed by atoms with Crippen LogP contribution in [0.2, 0.25) is 0 Å². The smallest absolute Gasteiger partial charge is 0.222 e. The molecule has 2 heteroatoms. The Hall–Kier alpha value is -1.31. The van der Waals surface area contributed by atoms with Gasteiger partial charge in [0.1, 0.15) is 0 Å². The first-order chi connectivity index (χ1) is 9.88. The SMILES string of the molecule is CN(C(=O)CCc1ccc(C(C)(C)C)cc1)C1CCCC1. The fraction of sp³-hybridized carbons (Fsp3) is 0.632. The molecular weight excluding hydrogens is 258 g/mol. The van der Waals surface area contributed by atoms with Gasteiger partial charge >= 0.3 is 0 Å². The van der Waals surface area contributed by atoms with Crippen molar-refractivity contribution in [2.45, 2.75) is 70.8 Å². The zero-order valence-electron chi connectivity index (χ0n) is 14.0. The van der Waals surface area contributed by atoms with E-state index in [1.165, 1.54) is 36.8 Å². The largest absolute Gasteiger partial charge is 0.343 e. The molecule has 0 heterocycles. The van der Waals surface area contributed by atoms with E-state index in [4.69, 9.17) is 0 Å². The maximum absolute atomic E-state index is 12.3. The third-order valence-electron chi connectivity index (χ3n) is 4.71. The first-order valence-electron chi connectivity index (χ1n) is 8.23. The molecule has 0 aliphatic heterocycles. The molecule has 0 aromatic heterocycles. The van der Waals surface area contributed by atoms with Crippen LogP contribution in [0.1, 0.15) is 64.0 Å². The molecule has 0 bridgehead atoms. The number of nitrogens with zero attached hydrogens (tertiary/aromatic N) is 1. The van der Waals surface area contributed by atoms with Gasteiger partial charge in [0.15, 0.2) is 0 Å². The number of rotatable bonds is 4. The fourth-order valence-corrected chi connectivity index (χ4v) is 3.09. The molecule has 1 aromatic rings. The number of hydrogen-bond donors (Lipinski definition) is 0. The quantitative estimate of drug-likeness (QED) is 0.807. The van der Waals surface area contributed by atoms with Crippen LogP contribution in [-0.2, 0) is 16.6 Å². The molecule has 1 aliphatic rings. The third kappa shape index (κ3) is 4.33. The lowest BCUT2D eigenvalue weighted by Gasteiger charge is -2.24. The average Bonchev–Trinajstić information content (AvgIpc) is 2.97. The monoisotopic (exact) mass is 287 g/mol. The van der Waals surface area contributed by atoms with E-state index >= 15 is 0 Å². The zero-order valence-corrected chi connectivity index (χ0v) is 14.0. The molecule has 1 amide bonds. The van der Waals surface area contributed by atoms with E-state index in [-0.39, 0.29) is 5.41 Å². The Morgan fingerprint density at radius 3 is 2.24 bits per heavy atom. The van der Waals surface area contributed by atoms with E-state index in [1.807, 2.05) is 11.9 Å². The summed E-state index contributed by atoms with van der Waals surface area (Å²) in [6, 6.07) is 9.22. The van der Waals surface area contributed by atoms with E-state index in [0.717, 1.165) is 6.42 Å². The highest BCUT2D eigenvalue weighted by Crippen LogP contribution is 2.24. The van der Waals surface area contributed by atoms with Crippen LogP contribution in [0, 0.1) is 0 Å². The zero-order chi connectivity index (χ0) is 15.5. The van der Waals surface area contributed by atoms with Gasteiger partial charge in [0, 0.05) is 19.5 Å². The molecule has 21 heavy (non-hydrogen) atoms. The Labute approximate surface area is 129 Å². The van der Waals surface area contributed by atoms with Gasteiger partial charge < -0.3 is 4.90 Å². The fourth-order valence-electron chi connectivity index (χ4n) is 3.09. The molecule has 2 rings (SSSR count). The number of carbonyl (C=O) groups excluding carboxylic acids is 1. The molecule has 116 valence electrons. The van der Waals surface area contributed by atoms with Crippen molar-refractivity contribution in [3.8, 4) is 0 Å². The second-order valence-corrected chi connectivity index (χ2v) is 7.39. The van der Waals surface area contributed by atoms with Gasteiger partial charge in [-0.3, -0.25) is 4.79 Å². The first kappa shape index (κ1) is 16.1. The van der Waals surface area contributed by atoms with Gasteiger partial charge in [-0.05, 0) is 35.8 Å². The standard InChI is InChI=1S/C19H29NO/c1-19(2,3)16-12-9-15(10-13-16)11-14-18(21)20(4)17-7-5-6-8-17/h9-10,12-13,17H,5-8,11,14H2,1-4H3. The van der Waals surface area contributed by atoms with Crippen molar-refractivity contribution < 1.29 is 4.79 Å². The summed E-state index contributed by atoms with van der Waals surface area (Å²) in [5.74, 6) is 0.293. The molecule has 1 aliphatic carbocycles. The van der Waals surface area contributed by atoms with Gasteiger partial charge in [0.2, 0.25) is 5.91 Å². The van der Waals surface area contributed by atoms with Crippen LogP contribution < -0.4 is 0 Å². The molecule has 2 nitrogen and oxygen atoms in total. The predicted molar refractivity (Wildman–Crippen MR) is 88.5 cm³/mol. The molecule has 0 spiro atoms. The lowest BCUT2D eigenvalue weighted by atomic mass is 9.86. The van der Waals surface area contributed by atoms with Gasteiger partial charge in [-0.25, -0.2) is 0 Å². The van der Waals surface area contributed by atoms with E-state index in [2.05, 4.69) is 45.0 Å². The predicted octanol–water partition coefficient (Wildman–Crippen LogP) is 4.32. The number of benzene rings is 1. The van der Waals surface area contributed by atoms with Crippen molar-refractivity contribution in [3.05, 3.63) is 35.4 Å². The van der Waals surface area contributed by atoms with Crippen LogP contribution in [0.4, 0.5) is 0 Å². The molecular formula is C19H29NO. The molecule has 0 unspecified atom stereocenters. The number of aryl methyl sites for hydroxylation is 1. The highest BCUT2D eigenvalue weighted by atomic mass is 16.2. The van der Waals surface area contributed by atoms with Gasteiger partial charge in [-0.1, -0.05) is 57.9 Å². The summed E-state index contributed by atoms with van der Waals surface area (Å²) in [5, 5.41) is 0. The van der Waals surface area contributed by atoms with Crippen LogP contribution in [0.5, 0.6) is 0 Å². The summed E-state index contributed by atoms with van der Waals surface area (Å²) in [6.07, 6.45) is 6.39.